The molecule has 5 heterocycles. The van der Waals surface area contributed by atoms with Crippen molar-refractivity contribution in [2.75, 3.05) is 18.5 Å². The molecule has 126 valence electrons. The molecule has 0 bridgehead atoms. The fourth-order valence-corrected chi connectivity index (χ4v) is 3.22. The molecule has 0 radical (unpaired) electrons. The van der Waals surface area contributed by atoms with Crippen molar-refractivity contribution in [3.63, 3.8) is 0 Å². The molecule has 0 aliphatic carbocycles. The maximum absolute atomic E-state index is 5.39. The Bertz CT molecular complexity index is 1030. The van der Waals surface area contributed by atoms with E-state index in [1.54, 1.807) is 10.8 Å². The third-order valence-corrected chi connectivity index (χ3v) is 4.57. The van der Waals surface area contributed by atoms with E-state index in [9.17, 15) is 0 Å². The quantitative estimate of drug-likeness (QED) is 0.596. The van der Waals surface area contributed by atoms with E-state index in [0.717, 1.165) is 53.9 Å². The third kappa shape index (κ3) is 2.60. The maximum Gasteiger partial charge on any atom is 0.224 e. The molecule has 0 amide bonds. The van der Waals surface area contributed by atoms with Gasteiger partial charge in [0.25, 0.3) is 0 Å². The van der Waals surface area contributed by atoms with Gasteiger partial charge in [0.2, 0.25) is 5.95 Å². The van der Waals surface area contributed by atoms with Gasteiger partial charge in [-0.05, 0) is 25.0 Å². The van der Waals surface area contributed by atoms with Crippen molar-refractivity contribution in [3.8, 4) is 11.1 Å². The van der Waals surface area contributed by atoms with Crippen LogP contribution in [-0.4, -0.2) is 48.8 Å². The van der Waals surface area contributed by atoms with Crippen molar-refractivity contribution < 1.29 is 4.74 Å². The van der Waals surface area contributed by atoms with Crippen LogP contribution in [0.15, 0.2) is 37.1 Å². The predicted molar refractivity (Wildman–Crippen MR) is 93.3 cm³/mol. The molecule has 0 atom stereocenters. The van der Waals surface area contributed by atoms with E-state index in [1.807, 2.05) is 30.7 Å². The van der Waals surface area contributed by atoms with Crippen LogP contribution < -0.4 is 5.32 Å². The largest absolute Gasteiger partial charge is 0.381 e. The Kier molecular flexibility index (Phi) is 3.34. The highest BCUT2D eigenvalue weighted by Crippen LogP contribution is 2.28. The number of anilines is 1. The monoisotopic (exact) mass is 335 g/mol. The van der Waals surface area contributed by atoms with Gasteiger partial charge in [-0.25, -0.2) is 14.5 Å². The first-order valence-corrected chi connectivity index (χ1v) is 8.35. The highest BCUT2D eigenvalue weighted by Gasteiger charge is 2.15. The molecule has 1 aliphatic rings. The first-order chi connectivity index (χ1) is 12.4. The fraction of sp³-hybridized carbons (Fsp3) is 0.294. The minimum atomic E-state index is 0.371. The van der Waals surface area contributed by atoms with Crippen molar-refractivity contribution in [1.29, 1.82) is 0 Å². The smallest absolute Gasteiger partial charge is 0.224 e. The van der Waals surface area contributed by atoms with Gasteiger partial charge in [0.15, 0.2) is 5.65 Å². The van der Waals surface area contributed by atoms with Gasteiger partial charge in [-0.15, -0.1) is 0 Å². The van der Waals surface area contributed by atoms with Crippen LogP contribution in [0.25, 0.3) is 27.8 Å². The summed E-state index contributed by atoms with van der Waals surface area (Å²) in [6.45, 7) is 1.58. The van der Waals surface area contributed by atoms with E-state index < -0.39 is 0 Å². The molecule has 5 rings (SSSR count). The number of fused-ring (bicyclic) bond motifs is 2. The third-order valence-electron chi connectivity index (χ3n) is 4.57. The zero-order valence-corrected chi connectivity index (χ0v) is 13.5. The molecule has 1 fully saturated rings. The van der Waals surface area contributed by atoms with Gasteiger partial charge in [-0.1, -0.05) is 0 Å². The number of aromatic nitrogens is 6. The van der Waals surface area contributed by atoms with Gasteiger partial charge >= 0.3 is 0 Å². The second-order valence-corrected chi connectivity index (χ2v) is 6.17. The van der Waals surface area contributed by atoms with Crippen LogP contribution in [0.2, 0.25) is 0 Å². The van der Waals surface area contributed by atoms with Crippen LogP contribution >= 0.6 is 0 Å². The number of H-pyrrole nitrogens is 1. The van der Waals surface area contributed by atoms with Gasteiger partial charge < -0.3 is 15.0 Å². The number of aromatic amines is 1. The molecule has 0 saturated carbocycles. The summed E-state index contributed by atoms with van der Waals surface area (Å²) in [7, 11) is 0. The standard InChI is InChI=1S/C17H17N7O/c1-2-15-20-10-21-24(15)9-11(1)13-7-18-16-14(13)8-19-17(23-16)22-12-3-5-25-6-4-12/h1-2,7-10,12H,3-6H2,(H2,18,19,22,23). The topological polar surface area (TPSA) is 93.0 Å². The van der Waals surface area contributed by atoms with Crippen LogP contribution in [0.1, 0.15) is 12.8 Å². The van der Waals surface area contributed by atoms with E-state index in [0.29, 0.717) is 12.0 Å². The number of pyridine rings is 1. The van der Waals surface area contributed by atoms with Crippen LogP contribution in [-0.2, 0) is 4.74 Å². The molecule has 25 heavy (non-hydrogen) atoms. The van der Waals surface area contributed by atoms with Crippen molar-refractivity contribution in [1.82, 2.24) is 29.5 Å². The Balaban J connectivity index is 1.48. The lowest BCUT2D eigenvalue weighted by Crippen LogP contribution is -2.28. The zero-order chi connectivity index (χ0) is 16.6. The predicted octanol–water partition coefficient (Wildman–Crippen LogP) is 2.26. The number of hydrogen-bond acceptors (Lipinski definition) is 6. The summed E-state index contributed by atoms with van der Waals surface area (Å²) in [5.74, 6) is 0.652. The molecular weight excluding hydrogens is 318 g/mol. The van der Waals surface area contributed by atoms with Crippen LogP contribution in [0.4, 0.5) is 5.95 Å². The molecule has 8 nitrogen and oxygen atoms in total. The normalized spacial score (nSPS) is 15.8. The van der Waals surface area contributed by atoms with Crippen LogP contribution in [0, 0.1) is 0 Å². The maximum atomic E-state index is 5.39. The van der Waals surface area contributed by atoms with Crippen molar-refractivity contribution >= 4 is 22.6 Å². The molecule has 4 aromatic rings. The molecular formula is C17H17N7O. The number of rotatable bonds is 3. The minimum Gasteiger partial charge on any atom is -0.381 e. The highest BCUT2D eigenvalue weighted by molar-refractivity contribution is 5.93. The lowest BCUT2D eigenvalue weighted by molar-refractivity contribution is 0.0903. The molecule has 8 heteroatoms. The number of ether oxygens (including phenoxy) is 1. The summed E-state index contributed by atoms with van der Waals surface area (Å²) in [4.78, 5) is 16.5. The number of nitrogens with one attached hydrogen (secondary N) is 2. The second kappa shape index (κ2) is 5.82. The summed E-state index contributed by atoms with van der Waals surface area (Å²) in [5.41, 5.74) is 3.73. The zero-order valence-electron chi connectivity index (χ0n) is 13.5. The van der Waals surface area contributed by atoms with Crippen LogP contribution in [0.3, 0.4) is 0 Å². The molecule has 0 spiro atoms. The molecule has 0 aromatic carbocycles. The fourth-order valence-electron chi connectivity index (χ4n) is 3.22. The Hall–Kier alpha value is -3.00. The van der Waals surface area contributed by atoms with Crippen molar-refractivity contribution in [3.05, 3.63) is 37.1 Å². The van der Waals surface area contributed by atoms with Crippen molar-refractivity contribution in [2.24, 2.45) is 0 Å². The van der Waals surface area contributed by atoms with Gasteiger partial charge in [0.05, 0.1) is 0 Å². The van der Waals surface area contributed by atoms with E-state index in [1.165, 1.54) is 0 Å². The molecule has 0 unspecified atom stereocenters. The minimum absolute atomic E-state index is 0.371. The molecule has 1 saturated heterocycles. The lowest BCUT2D eigenvalue weighted by Gasteiger charge is -2.22. The summed E-state index contributed by atoms with van der Waals surface area (Å²) in [6, 6.07) is 4.35. The second-order valence-electron chi connectivity index (χ2n) is 6.17. The molecule has 1 aliphatic heterocycles. The Morgan fingerprint density at radius 3 is 3.04 bits per heavy atom. The van der Waals surface area contributed by atoms with Crippen LogP contribution in [0.5, 0.6) is 0 Å². The summed E-state index contributed by atoms with van der Waals surface area (Å²) in [5, 5.41) is 8.57. The molecule has 2 N–H and O–H groups in total. The van der Waals surface area contributed by atoms with E-state index in [4.69, 9.17) is 4.74 Å². The summed E-state index contributed by atoms with van der Waals surface area (Å²) < 4.78 is 7.15. The average Bonchev–Trinajstić information content (AvgIpc) is 3.28. The average molecular weight is 335 g/mol. The first-order valence-electron chi connectivity index (χ1n) is 8.35. The highest BCUT2D eigenvalue weighted by atomic mass is 16.5. The van der Waals surface area contributed by atoms with E-state index >= 15 is 0 Å². The molecule has 4 aromatic heterocycles. The van der Waals surface area contributed by atoms with Crippen molar-refractivity contribution in [2.45, 2.75) is 18.9 Å². The first kappa shape index (κ1) is 14.4. The summed E-state index contributed by atoms with van der Waals surface area (Å²) in [6.07, 6.45) is 9.28. The van der Waals surface area contributed by atoms with Gasteiger partial charge in [0, 0.05) is 54.4 Å². The Morgan fingerprint density at radius 1 is 1.20 bits per heavy atom. The Morgan fingerprint density at radius 2 is 2.12 bits per heavy atom. The van der Waals surface area contributed by atoms with Gasteiger partial charge in [-0.3, -0.25) is 0 Å². The van der Waals surface area contributed by atoms with E-state index in [-0.39, 0.29) is 0 Å². The SMILES string of the molecule is c1nc2ccc(-c3c[nH]c4nc(NC5CCOCC5)ncc34)cn2n1. The van der Waals surface area contributed by atoms with Gasteiger partial charge in [-0.2, -0.15) is 10.1 Å². The Labute approximate surface area is 143 Å². The van der Waals surface area contributed by atoms with Gasteiger partial charge in [0.1, 0.15) is 12.0 Å². The van der Waals surface area contributed by atoms with E-state index in [2.05, 4.69) is 30.4 Å². The number of nitrogens with zero attached hydrogens (tertiary/aromatic N) is 5. The lowest BCUT2D eigenvalue weighted by atomic mass is 10.1. The number of hydrogen-bond donors (Lipinski definition) is 2. The summed E-state index contributed by atoms with van der Waals surface area (Å²) >= 11 is 0.